The Balaban J connectivity index is 1.73. The summed E-state index contributed by atoms with van der Waals surface area (Å²) in [5, 5.41) is 12.1. The summed E-state index contributed by atoms with van der Waals surface area (Å²) in [6.07, 6.45) is 1.97. The van der Waals surface area contributed by atoms with Crippen LogP contribution in [0.2, 0.25) is 5.02 Å². The van der Waals surface area contributed by atoms with Crippen LogP contribution in [0.1, 0.15) is 19.8 Å². The number of hydrogen-bond donors (Lipinski definition) is 1. The topological polar surface area (TPSA) is 69.0 Å². The summed E-state index contributed by atoms with van der Waals surface area (Å²) >= 11 is 7.00. The molecule has 1 amide bonds. The molecule has 1 N–H and O–H groups in total. The van der Waals surface area contributed by atoms with Crippen molar-refractivity contribution in [2.45, 2.75) is 31.5 Å². The van der Waals surface area contributed by atoms with Gasteiger partial charge in [-0.25, -0.2) is 4.39 Å². The third-order valence-electron chi connectivity index (χ3n) is 4.34. The number of methoxy groups -OCH3 is 1. The molecule has 1 heterocycles. The van der Waals surface area contributed by atoms with Crippen LogP contribution >= 0.6 is 23.4 Å². The first-order chi connectivity index (χ1) is 14.5. The molecule has 158 valence electrons. The van der Waals surface area contributed by atoms with Gasteiger partial charge in [0.15, 0.2) is 11.0 Å². The third kappa shape index (κ3) is 5.52. The average Bonchev–Trinajstić information content (AvgIpc) is 3.15. The molecular formula is C21H22ClFN4O2S. The summed E-state index contributed by atoms with van der Waals surface area (Å²) in [7, 11) is 1.62. The van der Waals surface area contributed by atoms with Gasteiger partial charge in [0.2, 0.25) is 5.91 Å². The Labute approximate surface area is 183 Å². The van der Waals surface area contributed by atoms with E-state index in [0.717, 1.165) is 42.6 Å². The second-order valence-electron chi connectivity index (χ2n) is 6.50. The number of halogens is 2. The average molecular weight is 449 g/mol. The lowest BCUT2D eigenvalue weighted by molar-refractivity contribution is -0.113. The highest BCUT2D eigenvalue weighted by molar-refractivity contribution is 7.99. The number of rotatable bonds is 9. The molecule has 0 unspecified atom stereocenters. The van der Waals surface area contributed by atoms with Crippen molar-refractivity contribution in [3.63, 3.8) is 0 Å². The number of amides is 1. The van der Waals surface area contributed by atoms with Gasteiger partial charge in [0, 0.05) is 17.1 Å². The van der Waals surface area contributed by atoms with E-state index in [9.17, 15) is 9.18 Å². The van der Waals surface area contributed by atoms with Crippen molar-refractivity contribution in [3.8, 4) is 17.1 Å². The maximum Gasteiger partial charge on any atom is 0.234 e. The number of unbranched alkanes of at least 4 members (excludes halogenated alkanes) is 1. The lowest BCUT2D eigenvalue weighted by Crippen LogP contribution is -2.15. The van der Waals surface area contributed by atoms with E-state index in [2.05, 4.69) is 22.4 Å². The van der Waals surface area contributed by atoms with E-state index >= 15 is 0 Å². The summed E-state index contributed by atoms with van der Waals surface area (Å²) in [4.78, 5) is 12.3. The van der Waals surface area contributed by atoms with Gasteiger partial charge in [0.05, 0.1) is 18.6 Å². The van der Waals surface area contributed by atoms with Crippen LogP contribution in [0.25, 0.3) is 11.4 Å². The number of ether oxygens (including phenoxy) is 1. The zero-order valence-electron chi connectivity index (χ0n) is 16.7. The second-order valence-corrected chi connectivity index (χ2v) is 7.88. The number of anilines is 1. The highest BCUT2D eigenvalue weighted by Gasteiger charge is 2.16. The Morgan fingerprint density at radius 1 is 1.23 bits per heavy atom. The Morgan fingerprint density at radius 3 is 2.67 bits per heavy atom. The van der Waals surface area contributed by atoms with Gasteiger partial charge >= 0.3 is 0 Å². The Hall–Kier alpha value is -2.58. The van der Waals surface area contributed by atoms with Gasteiger partial charge in [-0.2, -0.15) is 0 Å². The maximum atomic E-state index is 13.9. The van der Waals surface area contributed by atoms with Crippen LogP contribution in [-0.2, 0) is 11.3 Å². The Bertz CT molecular complexity index is 1010. The van der Waals surface area contributed by atoms with Crippen LogP contribution in [-0.4, -0.2) is 33.5 Å². The molecule has 0 aliphatic rings. The van der Waals surface area contributed by atoms with E-state index in [1.54, 1.807) is 7.11 Å². The zero-order chi connectivity index (χ0) is 21.5. The van der Waals surface area contributed by atoms with E-state index in [0.29, 0.717) is 5.16 Å². The van der Waals surface area contributed by atoms with Crippen LogP contribution < -0.4 is 10.1 Å². The first-order valence-corrected chi connectivity index (χ1v) is 10.8. The molecule has 0 aliphatic heterocycles. The van der Waals surface area contributed by atoms with Crippen molar-refractivity contribution >= 4 is 35.0 Å². The van der Waals surface area contributed by atoms with E-state index in [-0.39, 0.29) is 22.4 Å². The molecule has 6 nitrogen and oxygen atoms in total. The standard InChI is InChI=1S/C21H22ClFN4O2S/c1-3-4-11-27-20(14-5-8-16(29-2)9-6-14)25-26-21(27)30-13-19(28)24-18-10-7-15(22)12-17(18)23/h5-10,12H,3-4,11,13H2,1-2H3,(H,24,28). The predicted octanol–water partition coefficient (Wildman–Crippen LogP) is 5.28. The van der Waals surface area contributed by atoms with Crippen molar-refractivity contribution in [2.75, 3.05) is 18.2 Å². The van der Waals surface area contributed by atoms with E-state index < -0.39 is 5.82 Å². The number of aromatic nitrogens is 3. The van der Waals surface area contributed by atoms with E-state index in [4.69, 9.17) is 16.3 Å². The largest absolute Gasteiger partial charge is 0.497 e. The van der Waals surface area contributed by atoms with Gasteiger partial charge in [0.1, 0.15) is 11.6 Å². The molecule has 9 heteroatoms. The van der Waals surface area contributed by atoms with Gasteiger partial charge in [-0.3, -0.25) is 4.79 Å². The summed E-state index contributed by atoms with van der Waals surface area (Å²) in [6, 6.07) is 11.7. The van der Waals surface area contributed by atoms with Gasteiger partial charge in [-0.1, -0.05) is 36.7 Å². The minimum atomic E-state index is -0.575. The molecule has 3 aromatic rings. The van der Waals surface area contributed by atoms with Gasteiger partial charge < -0.3 is 14.6 Å². The number of thioether (sulfide) groups is 1. The molecule has 0 aliphatic carbocycles. The molecule has 3 rings (SSSR count). The predicted molar refractivity (Wildman–Crippen MR) is 118 cm³/mol. The minimum absolute atomic E-state index is 0.0783. The van der Waals surface area contributed by atoms with Crippen LogP contribution in [0.3, 0.4) is 0 Å². The quantitative estimate of drug-likeness (QED) is 0.451. The fourth-order valence-corrected chi connectivity index (χ4v) is 3.70. The number of carbonyl (C=O) groups excluding carboxylic acids is 1. The third-order valence-corrected chi connectivity index (χ3v) is 5.54. The smallest absolute Gasteiger partial charge is 0.234 e. The van der Waals surface area contributed by atoms with Crippen molar-refractivity contribution in [2.24, 2.45) is 0 Å². The van der Waals surface area contributed by atoms with Crippen molar-refractivity contribution in [3.05, 3.63) is 53.3 Å². The summed E-state index contributed by atoms with van der Waals surface area (Å²) in [5.74, 6) is 0.664. The lowest BCUT2D eigenvalue weighted by atomic mass is 10.2. The molecule has 2 aromatic carbocycles. The SMILES string of the molecule is CCCCn1c(SCC(=O)Nc2ccc(Cl)cc2F)nnc1-c1ccc(OC)cc1. The van der Waals surface area contributed by atoms with Crippen LogP contribution in [0, 0.1) is 5.82 Å². The highest BCUT2D eigenvalue weighted by Crippen LogP contribution is 2.26. The van der Waals surface area contributed by atoms with Crippen molar-refractivity contribution in [1.82, 2.24) is 14.8 Å². The highest BCUT2D eigenvalue weighted by atomic mass is 35.5. The summed E-state index contributed by atoms with van der Waals surface area (Å²) in [6.45, 7) is 2.85. The molecule has 0 atom stereocenters. The number of hydrogen-bond acceptors (Lipinski definition) is 5. The number of nitrogens with one attached hydrogen (secondary N) is 1. The minimum Gasteiger partial charge on any atom is -0.497 e. The molecule has 1 aromatic heterocycles. The summed E-state index contributed by atoms with van der Waals surface area (Å²) in [5.41, 5.74) is 1.01. The first kappa shape index (κ1) is 22.1. The van der Waals surface area contributed by atoms with Gasteiger partial charge in [0.25, 0.3) is 0 Å². The van der Waals surface area contributed by atoms with Crippen LogP contribution in [0.15, 0.2) is 47.6 Å². The number of benzene rings is 2. The van der Waals surface area contributed by atoms with Gasteiger partial charge in [-0.05, 0) is 48.9 Å². The maximum absolute atomic E-state index is 13.9. The Morgan fingerprint density at radius 2 is 2.00 bits per heavy atom. The van der Waals surface area contributed by atoms with Crippen molar-refractivity contribution < 1.29 is 13.9 Å². The molecule has 0 spiro atoms. The zero-order valence-corrected chi connectivity index (χ0v) is 18.3. The van der Waals surface area contributed by atoms with Gasteiger partial charge in [-0.15, -0.1) is 10.2 Å². The number of carbonyl (C=O) groups is 1. The fraction of sp³-hybridized carbons (Fsp3) is 0.286. The first-order valence-electron chi connectivity index (χ1n) is 9.47. The second kappa shape index (κ2) is 10.4. The summed E-state index contributed by atoms with van der Waals surface area (Å²) < 4.78 is 21.1. The molecule has 0 bridgehead atoms. The monoisotopic (exact) mass is 448 g/mol. The molecule has 0 radical (unpaired) electrons. The van der Waals surface area contributed by atoms with E-state index in [1.165, 1.54) is 23.9 Å². The fourth-order valence-electron chi connectivity index (χ4n) is 2.77. The van der Waals surface area contributed by atoms with Crippen molar-refractivity contribution in [1.29, 1.82) is 0 Å². The molecule has 0 fully saturated rings. The molecule has 30 heavy (non-hydrogen) atoms. The molecular weight excluding hydrogens is 427 g/mol. The lowest BCUT2D eigenvalue weighted by Gasteiger charge is -2.10. The van der Waals surface area contributed by atoms with Crippen LogP contribution in [0.4, 0.5) is 10.1 Å². The molecule has 0 saturated carbocycles. The molecule has 0 saturated heterocycles. The number of nitrogens with zero attached hydrogens (tertiary/aromatic N) is 3. The van der Waals surface area contributed by atoms with E-state index in [1.807, 2.05) is 28.8 Å². The van der Waals surface area contributed by atoms with Crippen LogP contribution in [0.5, 0.6) is 5.75 Å². The normalized spacial score (nSPS) is 10.8. The Kier molecular flexibility index (Phi) is 7.70.